The van der Waals surface area contributed by atoms with Gasteiger partial charge in [0.05, 0.1) is 11.1 Å². The van der Waals surface area contributed by atoms with Gasteiger partial charge in [0.2, 0.25) is 0 Å². The molecule has 2 aliphatic carbocycles. The van der Waals surface area contributed by atoms with Crippen molar-refractivity contribution in [3.63, 3.8) is 0 Å². The van der Waals surface area contributed by atoms with E-state index in [1.54, 1.807) is 12.3 Å². The molecule has 2 aromatic rings. The van der Waals surface area contributed by atoms with Crippen LogP contribution in [0.3, 0.4) is 0 Å². The number of fused-ring (bicyclic) bond motifs is 1. The number of hydrogen-bond donors (Lipinski definition) is 2. The van der Waals surface area contributed by atoms with Gasteiger partial charge in [-0.3, -0.25) is 9.78 Å². The third-order valence-corrected chi connectivity index (χ3v) is 5.74. The third-order valence-electron chi connectivity index (χ3n) is 5.74. The summed E-state index contributed by atoms with van der Waals surface area (Å²) >= 11 is 0. The summed E-state index contributed by atoms with van der Waals surface area (Å²) in [5.41, 5.74) is 1.80. The van der Waals surface area contributed by atoms with Crippen molar-refractivity contribution in [2.75, 3.05) is 6.54 Å². The quantitative estimate of drug-likeness (QED) is 0.884. The zero-order valence-electron chi connectivity index (χ0n) is 12.3. The van der Waals surface area contributed by atoms with E-state index in [0.717, 1.165) is 6.54 Å². The first kappa shape index (κ1) is 12.4. The van der Waals surface area contributed by atoms with Crippen molar-refractivity contribution in [3.8, 4) is 0 Å². The maximum atomic E-state index is 12.8. The molecule has 114 valence electrons. The average Bonchev–Trinajstić information content (AvgIpc) is 3.14. The van der Waals surface area contributed by atoms with Crippen LogP contribution < -0.4 is 5.69 Å². The van der Waals surface area contributed by atoms with Crippen molar-refractivity contribution < 1.29 is 4.79 Å². The minimum Gasteiger partial charge on any atom is -0.334 e. The first-order valence-corrected chi connectivity index (χ1v) is 8.05. The molecule has 0 radical (unpaired) electrons. The molecule has 0 bridgehead atoms. The van der Waals surface area contributed by atoms with Crippen molar-refractivity contribution in [2.45, 2.75) is 38.1 Å². The highest BCUT2D eigenvalue weighted by Gasteiger charge is 2.61. The molecule has 1 amide bonds. The predicted molar refractivity (Wildman–Crippen MR) is 80.5 cm³/mol. The van der Waals surface area contributed by atoms with Crippen LogP contribution in [0.5, 0.6) is 0 Å². The van der Waals surface area contributed by atoms with Crippen LogP contribution in [0.4, 0.5) is 0 Å². The van der Waals surface area contributed by atoms with Gasteiger partial charge in [0, 0.05) is 24.2 Å². The Morgan fingerprint density at radius 3 is 2.82 bits per heavy atom. The lowest BCUT2D eigenvalue weighted by Gasteiger charge is -2.63. The van der Waals surface area contributed by atoms with E-state index in [1.165, 1.54) is 32.1 Å². The molecule has 0 aromatic carbocycles. The van der Waals surface area contributed by atoms with Gasteiger partial charge in [0.1, 0.15) is 0 Å². The van der Waals surface area contributed by atoms with E-state index in [-0.39, 0.29) is 11.6 Å². The summed E-state index contributed by atoms with van der Waals surface area (Å²) in [5, 5.41) is 0. The van der Waals surface area contributed by atoms with Crippen LogP contribution in [0.25, 0.3) is 11.2 Å². The number of nitrogens with one attached hydrogen (secondary N) is 2. The normalized spacial score (nSPS) is 26.0. The lowest BCUT2D eigenvalue weighted by Crippen LogP contribution is -2.69. The molecule has 3 aliphatic rings. The van der Waals surface area contributed by atoms with Crippen LogP contribution in [0.15, 0.2) is 17.1 Å². The zero-order chi connectivity index (χ0) is 14.9. The molecular weight excluding hydrogens is 280 g/mol. The Balaban J connectivity index is 1.46. The van der Waals surface area contributed by atoms with E-state index in [1.807, 2.05) is 4.90 Å². The molecule has 2 aromatic heterocycles. The maximum absolute atomic E-state index is 12.8. The fraction of sp³-hybridized carbons (Fsp3) is 0.562. The van der Waals surface area contributed by atoms with Crippen LogP contribution in [0.2, 0.25) is 0 Å². The molecule has 2 N–H and O–H groups in total. The summed E-state index contributed by atoms with van der Waals surface area (Å²) in [7, 11) is 0. The Kier molecular flexibility index (Phi) is 2.26. The van der Waals surface area contributed by atoms with Crippen LogP contribution in [-0.2, 0) is 0 Å². The fourth-order valence-electron chi connectivity index (χ4n) is 4.40. The van der Waals surface area contributed by atoms with Gasteiger partial charge in [0.15, 0.2) is 5.65 Å². The number of hydrogen-bond acceptors (Lipinski definition) is 3. The first-order valence-electron chi connectivity index (χ1n) is 8.05. The number of aromatic amines is 2. The summed E-state index contributed by atoms with van der Waals surface area (Å²) in [5.74, 6) is 0.771. The summed E-state index contributed by atoms with van der Waals surface area (Å²) in [6.45, 7) is 0.898. The summed E-state index contributed by atoms with van der Waals surface area (Å²) in [4.78, 5) is 35.6. The summed E-state index contributed by atoms with van der Waals surface area (Å²) < 4.78 is 0. The third kappa shape index (κ3) is 1.58. The lowest BCUT2D eigenvalue weighted by atomic mass is 9.56. The molecule has 2 saturated carbocycles. The molecule has 22 heavy (non-hydrogen) atoms. The molecule has 3 fully saturated rings. The Labute approximate surface area is 126 Å². The monoisotopic (exact) mass is 298 g/mol. The molecule has 1 spiro atoms. The molecule has 1 aliphatic heterocycles. The SMILES string of the molecule is O=C(c1cnc2[nH]c(=O)[nH]c2c1)N1CC2(CCC2)C1C1CC1. The Bertz CT molecular complexity index is 828. The smallest absolute Gasteiger partial charge is 0.325 e. The number of rotatable bonds is 2. The number of carbonyl (C=O) groups is 1. The highest BCUT2D eigenvalue weighted by atomic mass is 16.2. The van der Waals surface area contributed by atoms with Crippen molar-refractivity contribution >= 4 is 17.1 Å². The largest absolute Gasteiger partial charge is 0.334 e. The van der Waals surface area contributed by atoms with Crippen LogP contribution in [0, 0.1) is 11.3 Å². The average molecular weight is 298 g/mol. The van der Waals surface area contributed by atoms with Crippen molar-refractivity contribution in [1.82, 2.24) is 19.9 Å². The molecule has 1 unspecified atom stereocenters. The summed E-state index contributed by atoms with van der Waals surface area (Å²) in [6.07, 6.45) is 7.96. The minimum atomic E-state index is -0.291. The summed E-state index contributed by atoms with van der Waals surface area (Å²) in [6, 6.07) is 2.17. The van der Waals surface area contributed by atoms with Gasteiger partial charge >= 0.3 is 5.69 Å². The van der Waals surface area contributed by atoms with E-state index in [0.29, 0.717) is 34.1 Å². The molecule has 1 atom stereocenters. The first-order chi connectivity index (χ1) is 10.7. The Hall–Kier alpha value is -2.11. The molecule has 6 heteroatoms. The van der Waals surface area contributed by atoms with Crippen molar-refractivity contribution in [3.05, 3.63) is 28.3 Å². The van der Waals surface area contributed by atoms with E-state index in [2.05, 4.69) is 15.0 Å². The second kappa shape index (κ2) is 4.00. The Morgan fingerprint density at radius 1 is 1.32 bits per heavy atom. The van der Waals surface area contributed by atoms with Crippen molar-refractivity contribution in [1.29, 1.82) is 0 Å². The standard InChI is InChI=1S/C16H18N4O2/c21-14(10-6-11-13(17-7-10)19-15(22)18-11)20-8-16(4-1-5-16)12(20)9-2-3-9/h6-7,9,12H,1-5,8H2,(H2,17,18,19,22). The highest BCUT2D eigenvalue weighted by Crippen LogP contribution is 2.59. The van der Waals surface area contributed by atoms with Gasteiger partial charge in [0.25, 0.3) is 5.91 Å². The number of imidazole rings is 1. The van der Waals surface area contributed by atoms with Crippen LogP contribution in [-0.4, -0.2) is 38.3 Å². The van der Waals surface area contributed by atoms with E-state index < -0.39 is 0 Å². The predicted octanol–water partition coefficient (Wildman–Crippen LogP) is 1.66. The van der Waals surface area contributed by atoms with Gasteiger partial charge in [-0.1, -0.05) is 6.42 Å². The van der Waals surface area contributed by atoms with Gasteiger partial charge < -0.3 is 9.88 Å². The number of nitrogens with zero attached hydrogens (tertiary/aromatic N) is 2. The van der Waals surface area contributed by atoms with Crippen LogP contribution >= 0.6 is 0 Å². The van der Waals surface area contributed by atoms with Gasteiger partial charge in [-0.05, 0) is 37.7 Å². The van der Waals surface area contributed by atoms with Gasteiger partial charge in [-0.25, -0.2) is 9.78 Å². The maximum Gasteiger partial charge on any atom is 0.325 e. The van der Waals surface area contributed by atoms with Gasteiger partial charge in [-0.2, -0.15) is 0 Å². The molecule has 6 nitrogen and oxygen atoms in total. The molecule has 3 heterocycles. The zero-order valence-corrected chi connectivity index (χ0v) is 12.3. The van der Waals surface area contributed by atoms with Crippen molar-refractivity contribution in [2.24, 2.45) is 11.3 Å². The number of pyridine rings is 1. The fourth-order valence-corrected chi connectivity index (χ4v) is 4.40. The highest BCUT2D eigenvalue weighted by molar-refractivity contribution is 5.97. The van der Waals surface area contributed by atoms with E-state index >= 15 is 0 Å². The Morgan fingerprint density at radius 2 is 2.14 bits per heavy atom. The molecule has 5 rings (SSSR count). The number of likely N-dealkylation sites (tertiary alicyclic amines) is 1. The van der Waals surface area contributed by atoms with Gasteiger partial charge in [-0.15, -0.1) is 0 Å². The second-order valence-corrected chi connectivity index (χ2v) is 7.13. The van der Waals surface area contributed by atoms with Crippen LogP contribution in [0.1, 0.15) is 42.5 Å². The topological polar surface area (TPSA) is 81.8 Å². The number of aromatic nitrogens is 3. The lowest BCUT2D eigenvalue weighted by molar-refractivity contribution is -0.111. The second-order valence-electron chi connectivity index (χ2n) is 7.13. The number of amides is 1. The minimum absolute atomic E-state index is 0.0610. The van der Waals surface area contributed by atoms with E-state index in [9.17, 15) is 9.59 Å². The molecular formula is C16H18N4O2. The number of H-pyrrole nitrogens is 2. The van der Waals surface area contributed by atoms with E-state index in [4.69, 9.17) is 0 Å². The molecule has 1 saturated heterocycles. The number of carbonyl (C=O) groups excluding carboxylic acids is 1.